The third-order valence-electron chi connectivity index (χ3n) is 3.02. The minimum Gasteiger partial charge on any atom is -0.342 e. The molecule has 1 amide bonds. The molecule has 0 aromatic heterocycles. The van der Waals surface area contributed by atoms with E-state index in [0.29, 0.717) is 18.4 Å². The molecule has 1 saturated heterocycles. The van der Waals surface area contributed by atoms with Gasteiger partial charge in [0.25, 0.3) is 0 Å². The smallest absolute Gasteiger partial charge is 0.222 e. The van der Waals surface area contributed by atoms with Crippen LogP contribution in [0.2, 0.25) is 0 Å². The van der Waals surface area contributed by atoms with Crippen LogP contribution in [0.1, 0.15) is 33.6 Å². The number of carbonyl (C=O) groups excluding carboxylic acids is 1. The van der Waals surface area contributed by atoms with E-state index >= 15 is 0 Å². The zero-order valence-electron chi connectivity index (χ0n) is 9.55. The summed E-state index contributed by atoms with van der Waals surface area (Å²) in [7, 11) is 0. The minimum absolute atomic E-state index is 0.159. The molecule has 0 radical (unpaired) electrons. The highest BCUT2D eigenvalue weighted by Gasteiger charge is 2.27. The second kappa shape index (κ2) is 4.30. The van der Waals surface area contributed by atoms with E-state index in [2.05, 4.69) is 20.8 Å². The maximum absolute atomic E-state index is 11.5. The topological polar surface area (TPSA) is 46.3 Å². The third kappa shape index (κ3) is 2.98. The van der Waals surface area contributed by atoms with Crippen LogP contribution in [0.3, 0.4) is 0 Å². The van der Waals surface area contributed by atoms with Gasteiger partial charge in [-0.2, -0.15) is 0 Å². The quantitative estimate of drug-likeness (QED) is 0.738. The number of rotatable bonds is 4. The van der Waals surface area contributed by atoms with E-state index in [4.69, 9.17) is 5.73 Å². The molecule has 1 aliphatic rings. The van der Waals surface area contributed by atoms with Gasteiger partial charge in [-0.1, -0.05) is 20.8 Å². The van der Waals surface area contributed by atoms with Crippen LogP contribution in [0.5, 0.6) is 0 Å². The minimum atomic E-state index is 0.159. The number of nitrogens with zero attached hydrogens (tertiary/aromatic N) is 1. The Kier molecular flexibility index (Phi) is 3.53. The van der Waals surface area contributed by atoms with Gasteiger partial charge in [-0.05, 0) is 24.3 Å². The Balaban J connectivity index is 2.35. The van der Waals surface area contributed by atoms with Crippen LogP contribution in [0.15, 0.2) is 0 Å². The molecule has 0 bridgehead atoms. The monoisotopic (exact) mass is 198 g/mol. The van der Waals surface area contributed by atoms with Crippen LogP contribution in [0.4, 0.5) is 0 Å². The van der Waals surface area contributed by atoms with Gasteiger partial charge in [0.15, 0.2) is 0 Å². The summed E-state index contributed by atoms with van der Waals surface area (Å²) in [4.78, 5) is 13.5. The van der Waals surface area contributed by atoms with Gasteiger partial charge in [0.05, 0.1) is 0 Å². The molecule has 0 aromatic carbocycles. The summed E-state index contributed by atoms with van der Waals surface area (Å²) in [6.07, 6.45) is 1.73. The van der Waals surface area contributed by atoms with E-state index in [0.717, 1.165) is 25.9 Å². The van der Waals surface area contributed by atoms with Crippen LogP contribution >= 0.6 is 0 Å². The third-order valence-corrected chi connectivity index (χ3v) is 3.02. The molecule has 0 aromatic rings. The highest BCUT2D eigenvalue weighted by atomic mass is 16.2. The SMILES string of the molecule is CC1CC(=O)N(CCC(C)(C)CN)C1. The lowest BCUT2D eigenvalue weighted by molar-refractivity contribution is -0.127. The first-order chi connectivity index (χ1) is 6.44. The molecule has 1 atom stereocenters. The standard InChI is InChI=1S/C11H22N2O/c1-9-6-10(14)13(7-9)5-4-11(2,3)8-12/h9H,4-8,12H2,1-3H3. The van der Waals surface area contributed by atoms with E-state index in [1.165, 1.54) is 0 Å². The predicted octanol–water partition coefficient (Wildman–Crippen LogP) is 1.23. The maximum atomic E-state index is 11.5. The molecule has 3 nitrogen and oxygen atoms in total. The van der Waals surface area contributed by atoms with Crippen molar-refractivity contribution in [3.05, 3.63) is 0 Å². The molecule has 1 fully saturated rings. The van der Waals surface area contributed by atoms with Crippen LogP contribution < -0.4 is 5.73 Å². The summed E-state index contributed by atoms with van der Waals surface area (Å²) in [6, 6.07) is 0. The Morgan fingerprint density at radius 3 is 2.64 bits per heavy atom. The Morgan fingerprint density at radius 2 is 2.21 bits per heavy atom. The van der Waals surface area contributed by atoms with E-state index in [1.807, 2.05) is 4.90 Å². The first-order valence-electron chi connectivity index (χ1n) is 5.42. The Labute approximate surface area is 86.6 Å². The molecule has 0 saturated carbocycles. The summed E-state index contributed by atoms with van der Waals surface area (Å²) in [5.41, 5.74) is 5.81. The summed E-state index contributed by atoms with van der Waals surface area (Å²) >= 11 is 0. The first kappa shape index (κ1) is 11.5. The van der Waals surface area contributed by atoms with Crippen molar-refractivity contribution in [3.8, 4) is 0 Å². The zero-order valence-corrected chi connectivity index (χ0v) is 9.55. The summed E-state index contributed by atoms with van der Waals surface area (Å²) in [5, 5.41) is 0. The van der Waals surface area contributed by atoms with Crippen molar-refractivity contribution in [1.82, 2.24) is 4.90 Å². The molecule has 1 heterocycles. The van der Waals surface area contributed by atoms with Crippen LogP contribution in [-0.4, -0.2) is 30.4 Å². The Hall–Kier alpha value is -0.570. The Bertz CT molecular complexity index is 213. The van der Waals surface area contributed by atoms with Crippen molar-refractivity contribution in [2.24, 2.45) is 17.1 Å². The van der Waals surface area contributed by atoms with Crippen molar-refractivity contribution >= 4 is 5.91 Å². The molecule has 3 heteroatoms. The van der Waals surface area contributed by atoms with Gasteiger partial charge in [-0.3, -0.25) is 4.79 Å². The molecule has 1 rings (SSSR count). The molecule has 2 N–H and O–H groups in total. The highest BCUT2D eigenvalue weighted by molar-refractivity contribution is 5.78. The number of likely N-dealkylation sites (tertiary alicyclic amines) is 1. The van der Waals surface area contributed by atoms with Gasteiger partial charge in [0, 0.05) is 19.5 Å². The molecule has 82 valence electrons. The molecular formula is C11H22N2O. The predicted molar refractivity (Wildman–Crippen MR) is 57.8 cm³/mol. The lowest BCUT2D eigenvalue weighted by atomic mass is 9.89. The van der Waals surface area contributed by atoms with E-state index in [-0.39, 0.29) is 5.41 Å². The molecular weight excluding hydrogens is 176 g/mol. The van der Waals surface area contributed by atoms with E-state index in [9.17, 15) is 4.79 Å². The normalized spacial score (nSPS) is 23.3. The average Bonchev–Trinajstić information content (AvgIpc) is 2.42. The molecule has 1 aliphatic heterocycles. The van der Waals surface area contributed by atoms with Crippen LogP contribution in [0, 0.1) is 11.3 Å². The molecule has 1 unspecified atom stereocenters. The zero-order chi connectivity index (χ0) is 10.8. The fourth-order valence-electron chi connectivity index (χ4n) is 1.73. The fraction of sp³-hybridized carbons (Fsp3) is 0.909. The van der Waals surface area contributed by atoms with Gasteiger partial charge < -0.3 is 10.6 Å². The van der Waals surface area contributed by atoms with Gasteiger partial charge in [0.1, 0.15) is 0 Å². The van der Waals surface area contributed by atoms with Crippen molar-refractivity contribution in [1.29, 1.82) is 0 Å². The van der Waals surface area contributed by atoms with E-state index < -0.39 is 0 Å². The van der Waals surface area contributed by atoms with Crippen molar-refractivity contribution in [3.63, 3.8) is 0 Å². The average molecular weight is 198 g/mol. The van der Waals surface area contributed by atoms with Crippen molar-refractivity contribution < 1.29 is 4.79 Å². The maximum Gasteiger partial charge on any atom is 0.222 e. The summed E-state index contributed by atoms with van der Waals surface area (Å²) in [5.74, 6) is 0.841. The van der Waals surface area contributed by atoms with Crippen LogP contribution in [-0.2, 0) is 4.79 Å². The lowest BCUT2D eigenvalue weighted by Gasteiger charge is -2.25. The molecule has 0 spiro atoms. The fourth-order valence-corrected chi connectivity index (χ4v) is 1.73. The second-order valence-corrected chi connectivity index (χ2v) is 5.27. The van der Waals surface area contributed by atoms with Gasteiger partial charge in [-0.25, -0.2) is 0 Å². The number of carbonyl (C=O) groups is 1. The van der Waals surface area contributed by atoms with Crippen molar-refractivity contribution in [2.75, 3.05) is 19.6 Å². The number of hydrogen-bond acceptors (Lipinski definition) is 2. The summed E-state index contributed by atoms with van der Waals surface area (Å²) < 4.78 is 0. The van der Waals surface area contributed by atoms with Gasteiger partial charge in [-0.15, -0.1) is 0 Å². The number of amides is 1. The molecule has 0 aliphatic carbocycles. The number of nitrogens with two attached hydrogens (primary N) is 1. The lowest BCUT2D eigenvalue weighted by Crippen LogP contribution is -2.32. The highest BCUT2D eigenvalue weighted by Crippen LogP contribution is 2.22. The second-order valence-electron chi connectivity index (χ2n) is 5.27. The van der Waals surface area contributed by atoms with Gasteiger partial charge in [0.2, 0.25) is 5.91 Å². The summed E-state index contributed by atoms with van der Waals surface area (Å²) in [6.45, 7) is 8.91. The van der Waals surface area contributed by atoms with E-state index in [1.54, 1.807) is 0 Å². The number of hydrogen-bond donors (Lipinski definition) is 1. The Morgan fingerprint density at radius 1 is 1.57 bits per heavy atom. The molecule has 14 heavy (non-hydrogen) atoms. The largest absolute Gasteiger partial charge is 0.342 e. The first-order valence-corrected chi connectivity index (χ1v) is 5.42. The van der Waals surface area contributed by atoms with Crippen molar-refractivity contribution in [2.45, 2.75) is 33.6 Å². The van der Waals surface area contributed by atoms with Crippen LogP contribution in [0.25, 0.3) is 0 Å². The van der Waals surface area contributed by atoms with Gasteiger partial charge >= 0.3 is 0 Å².